The standard InChI is InChI=1S/C21H23NOS2/c1-23-18-11-9-16(10-12-18)13-14-25-21(24)8-4-5-17-15-22-20-7-3-2-6-19(17)20/h2-3,6-7,9-12,15,22H,4-5,8,13-14H2,1H3. The lowest BCUT2D eigenvalue weighted by atomic mass is 10.1. The second kappa shape index (κ2) is 9.07. The number of thioether (sulfide) groups is 1. The molecule has 0 radical (unpaired) electrons. The van der Waals surface area contributed by atoms with Gasteiger partial charge in [0.2, 0.25) is 0 Å². The number of hydrogen-bond donors (Lipinski definition) is 1. The minimum Gasteiger partial charge on any atom is -0.497 e. The van der Waals surface area contributed by atoms with Gasteiger partial charge in [-0.25, -0.2) is 0 Å². The minimum absolute atomic E-state index is 0.907. The minimum atomic E-state index is 0.907. The van der Waals surface area contributed by atoms with Crippen LogP contribution in [0.3, 0.4) is 0 Å². The number of aromatic nitrogens is 1. The van der Waals surface area contributed by atoms with Gasteiger partial charge in [-0.1, -0.05) is 42.5 Å². The Balaban J connectivity index is 1.38. The van der Waals surface area contributed by atoms with E-state index in [1.54, 1.807) is 7.11 Å². The smallest absolute Gasteiger partial charge is 0.118 e. The molecule has 3 aromatic rings. The second-order valence-corrected chi connectivity index (χ2v) is 7.97. The summed E-state index contributed by atoms with van der Waals surface area (Å²) in [7, 11) is 1.69. The van der Waals surface area contributed by atoms with E-state index in [1.165, 1.54) is 22.0 Å². The van der Waals surface area contributed by atoms with Crippen molar-refractivity contribution in [2.24, 2.45) is 0 Å². The Hall–Kier alpha value is -1.78. The third-order valence-corrected chi connectivity index (χ3v) is 5.81. The molecule has 2 nitrogen and oxygen atoms in total. The molecule has 0 aliphatic heterocycles. The first-order chi connectivity index (χ1) is 12.3. The van der Waals surface area contributed by atoms with Gasteiger partial charge in [-0.3, -0.25) is 0 Å². The van der Waals surface area contributed by atoms with E-state index >= 15 is 0 Å². The average molecular weight is 370 g/mol. The lowest BCUT2D eigenvalue weighted by Crippen LogP contribution is -1.96. The summed E-state index contributed by atoms with van der Waals surface area (Å²) in [6.45, 7) is 0. The van der Waals surface area contributed by atoms with Crippen LogP contribution in [0.4, 0.5) is 0 Å². The molecule has 0 atom stereocenters. The Labute approximate surface area is 159 Å². The van der Waals surface area contributed by atoms with Crippen LogP contribution in [-0.2, 0) is 12.8 Å². The van der Waals surface area contributed by atoms with Crippen molar-refractivity contribution in [2.45, 2.75) is 25.7 Å². The van der Waals surface area contributed by atoms with Gasteiger partial charge in [0.15, 0.2) is 0 Å². The number of ether oxygens (including phenoxy) is 1. The van der Waals surface area contributed by atoms with Crippen LogP contribution in [0.5, 0.6) is 5.75 Å². The summed E-state index contributed by atoms with van der Waals surface area (Å²) in [6, 6.07) is 16.7. The second-order valence-electron chi connectivity index (χ2n) is 6.03. The molecular formula is C21H23NOS2. The Morgan fingerprint density at radius 2 is 1.88 bits per heavy atom. The van der Waals surface area contributed by atoms with E-state index < -0.39 is 0 Å². The van der Waals surface area contributed by atoms with E-state index in [0.717, 1.165) is 41.4 Å². The highest BCUT2D eigenvalue weighted by Gasteiger charge is 2.04. The van der Waals surface area contributed by atoms with Crippen LogP contribution in [0.25, 0.3) is 10.9 Å². The predicted octanol–water partition coefficient (Wildman–Crippen LogP) is 5.80. The van der Waals surface area contributed by atoms with E-state index in [4.69, 9.17) is 17.0 Å². The van der Waals surface area contributed by atoms with Crippen molar-refractivity contribution < 1.29 is 4.74 Å². The van der Waals surface area contributed by atoms with Crippen LogP contribution < -0.4 is 4.74 Å². The summed E-state index contributed by atoms with van der Waals surface area (Å²) < 4.78 is 6.30. The number of aryl methyl sites for hydroxylation is 2. The predicted molar refractivity (Wildman–Crippen MR) is 113 cm³/mol. The third kappa shape index (κ3) is 5.10. The van der Waals surface area contributed by atoms with Crippen molar-refractivity contribution >= 4 is 39.1 Å². The first-order valence-electron chi connectivity index (χ1n) is 8.60. The van der Waals surface area contributed by atoms with Crippen LogP contribution in [0.15, 0.2) is 54.7 Å². The molecule has 1 heterocycles. The molecule has 25 heavy (non-hydrogen) atoms. The van der Waals surface area contributed by atoms with Crippen molar-refractivity contribution in [3.8, 4) is 5.75 Å². The molecule has 1 aromatic heterocycles. The van der Waals surface area contributed by atoms with Gasteiger partial charge in [-0.05, 0) is 55.0 Å². The number of nitrogens with one attached hydrogen (secondary N) is 1. The number of rotatable bonds is 8. The van der Waals surface area contributed by atoms with E-state index in [1.807, 2.05) is 23.9 Å². The first kappa shape index (κ1) is 18.0. The molecule has 1 N–H and O–H groups in total. The van der Waals surface area contributed by atoms with Crippen LogP contribution in [0.2, 0.25) is 0 Å². The van der Waals surface area contributed by atoms with Gasteiger partial charge in [-0.15, -0.1) is 11.8 Å². The molecule has 0 unspecified atom stereocenters. The molecule has 0 fully saturated rings. The maximum absolute atomic E-state index is 5.53. The van der Waals surface area contributed by atoms with E-state index in [-0.39, 0.29) is 0 Å². The van der Waals surface area contributed by atoms with Gasteiger partial charge < -0.3 is 9.72 Å². The Kier molecular flexibility index (Phi) is 6.54. The van der Waals surface area contributed by atoms with Crippen LogP contribution in [0.1, 0.15) is 24.0 Å². The number of hydrogen-bond acceptors (Lipinski definition) is 3. The molecule has 0 aliphatic rings. The summed E-state index contributed by atoms with van der Waals surface area (Å²) in [5, 5.41) is 1.33. The highest BCUT2D eigenvalue weighted by atomic mass is 32.2. The summed E-state index contributed by atoms with van der Waals surface area (Å²) in [4.78, 5) is 3.34. The van der Waals surface area contributed by atoms with Gasteiger partial charge in [-0.2, -0.15) is 0 Å². The molecule has 130 valence electrons. The fourth-order valence-electron chi connectivity index (χ4n) is 2.91. The van der Waals surface area contributed by atoms with Gasteiger partial charge in [0.1, 0.15) is 5.75 Å². The topological polar surface area (TPSA) is 25.0 Å². The number of benzene rings is 2. The van der Waals surface area contributed by atoms with Crippen LogP contribution >= 0.6 is 24.0 Å². The zero-order valence-corrected chi connectivity index (χ0v) is 16.1. The lowest BCUT2D eigenvalue weighted by Gasteiger charge is -2.05. The summed E-state index contributed by atoms with van der Waals surface area (Å²) >= 11 is 7.35. The molecule has 0 saturated heterocycles. The molecule has 0 aliphatic carbocycles. The highest BCUT2D eigenvalue weighted by molar-refractivity contribution is 8.23. The number of fused-ring (bicyclic) bond motifs is 1. The molecule has 0 spiro atoms. The molecule has 0 bridgehead atoms. The first-order valence-corrected chi connectivity index (χ1v) is 9.99. The monoisotopic (exact) mass is 369 g/mol. The fourth-order valence-corrected chi connectivity index (χ4v) is 4.16. The normalized spacial score (nSPS) is 10.9. The van der Waals surface area contributed by atoms with Crippen molar-refractivity contribution in [3.63, 3.8) is 0 Å². The van der Waals surface area contributed by atoms with Gasteiger partial charge in [0.05, 0.1) is 7.11 Å². The molecule has 0 saturated carbocycles. The zero-order chi connectivity index (χ0) is 17.5. The number of aromatic amines is 1. The SMILES string of the molecule is COc1ccc(CCSC(=S)CCCc2c[nH]c3ccccc23)cc1. The summed E-state index contributed by atoms with van der Waals surface area (Å²) in [5.74, 6) is 1.95. The van der Waals surface area contributed by atoms with Crippen molar-refractivity contribution in [3.05, 3.63) is 65.9 Å². The maximum atomic E-state index is 5.53. The summed E-state index contributed by atoms with van der Waals surface area (Å²) in [5.41, 5.74) is 3.94. The van der Waals surface area contributed by atoms with Gasteiger partial charge in [0, 0.05) is 27.0 Å². The Morgan fingerprint density at radius 3 is 2.68 bits per heavy atom. The van der Waals surface area contributed by atoms with Crippen molar-refractivity contribution in [1.29, 1.82) is 0 Å². The third-order valence-electron chi connectivity index (χ3n) is 4.31. The average Bonchev–Trinajstić information content (AvgIpc) is 3.06. The van der Waals surface area contributed by atoms with Crippen molar-refractivity contribution in [2.75, 3.05) is 12.9 Å². The Morgan fingerprint density at radius 1 is 1.08 bits per heavy atom. The molecule has 3 rings (SSSR count). The fraction of sp³-hybridized carbons (Fsp3) is 0.286. The number of methoxy groups -OCH3 is 1. The quantitative estimate of drug-likeness (QED) is 0.508. The Bertz CT molecular complexity index is 823. The summed E-state index contributed by atoms with van der Waals surface area (Å²) in [6.07, 6.45) is 6.35. The highest BCUT2D eigenvalue weighted by Crippen LogP contribution is 2.21. The molecule has 2 aromatic carbocycles. The van der Waals surface area contributed by atoms with E-state index in [9.17, 15) is 0 Å². The van der Waals surface area contributed by atoms with Gasteiger partial charge in [0.25, 0.3) is 0 Å². The molecular weight excluding hydrogens is 346 g/mol. The van der Waals surface area contributed by atoms with E-state index in [0.29, 0.717) is 0 Å². The largest absolute Gasteiger partial charge is 0.497 e. The lowest BCUT2D eigenvalue weighted by molar-refractivity contribution is 0.414. The van der Waals surface area contributed by atoms with Crippen LogP contribution in [0, 0.1) is 0 Å². The molecule has 4 heteroatoms. The molecule has 0 amide bonds. The number of H-pyrrole nitrogens is 1. The number of para-hydroxylation sites is 1. The van der Waals surface area contributed by atoms with Crippen molar-refractivity contribution in [1.82, 2.24) is 4.98 Å². The maximum Gasteiger partial charge on any atom is 0.118 e. The number of thiocarbonyl (C=S) groups is 1. The zero-order valence-electron chi connectivity index (χ0n) is 14.5. The van der Waals surface area contributed by atoms with Gasteiger partial charge >= 0.3 is 0 Å². The van der Waals surface area contributed by atoms with E-state index in [2.05, 4.69) is 47.6 Å². The van der Waals surface area contributed by atoms with Crippen LogP contribution in [-0.4, -0.2) is 22.0 Å².